The summed E-state index contributed by atoms with van der Waals surface area (Å²) >= 11 is 0. The lowest BCUT2D eigenvalue weighted by Gasteiger charge is -2.16. The van der Waals surface area contributed by atoms with Crippen molar-refractivity contribution >= 4 is 11.9 Å². The van der Waals surface area contributed by atoms with Crippen LogP contribution in [0.4, 0.5) is 0 Å². The number of carbonyl (C=O) groups excluding carboxylic acids is 1. The maximum absolute atomic E-state index is 11.0. The lowest BCUT2D eigenvalue weighted by Crippen LogP contribution is -2.39. The monoisotopic (exact) mass is 187 g/mol. The third kappa shape index (κ3) is 2.40. The van der Waals surface area contributed by atoms with Crippen molar-refractivity contribution in [2.75, 3.05) is 20.2 Å². The molecule has 1 aliphatic heterocycles. The average Bonchev–Trinajstić information content (AvgIpc) is 2.43. The summed E-state index contributed by atoms with van der Waals surface area (Å²) in [6.07, 6.45) is 0. The summed E-state index contributed by atoms with van der Waals surface area (Å²) < 4.78 is 0. The number of nitrogens with one attached hydrogen (secondary N) is 1. The first-order chi connectivity index (χ1) is 6.15. The Balaban J connectivity index is 2.44. The molecule has 2 N–H and O–H groups in total. The molecule has 1 heterocycles. The molecule has 1 amide bonds. The zero-order chi connectivity index (χ0) is 9.84. The Hall–Kier alpha value is -1.14. The van der Waals surface area contributed by atoms with Gasteiger partial charge in [0.15, 0.2) is 0 Å². The van der Waals surface area contributed by atoms with Crippen LogP contribution in [-0.4, -0.2) is 48.3 Å². The highest BCUT2D eigenvalue weighted by atomic mass is 17.1. The molecule has 0 spiro atoms. The third-order valence-corrected chi connectivity index (χ3v) is 1.81. The lowest BCUT2D eigenvalue weighted by atomic mass is 10.4. The van der Waals surface area contributed by atoms with E-state index in [2.05, 4.69) is 15.2 Å². The van der Waals surface area contributed by atoms with Gasteiger partial charge >= 0.3 is 0 Å². The predicted molar refractivity (Wildman–Crippen MR) is 46.3 cm³/mol. The van der Waals surface area contributed by atoms with Crippen molar-refractivity contribution in [3.8, 4) is 0 Å². The molecular weight excluding hydrogens is 174 g/mol. The molecule has 1 unspecified atom stereocenters. The minimum atomic E-state index is -0.326. The van der Waals surface area contributed by atoms with E-state index in [1.807, 2.05) is 0 Å². The van der Waals surface area contributed by atoms with Gasteiger partial charge in [-0.1, -0.05) is 0 Å². The zero-order valence-corrected chi connectivity index (χ0v) is 7.65. The predicted octanol–water partition coefficient (Wildman–Crippen LogP) is -0.718. The van der Waals surface area contributed by atoms with Crippen LogP contribution >= 0.6 is 0 Å². The van der Waals surface area contributed by atoms with E-state index in [1.54, 1.807) is 18.9 Å². The highest BCUT2D eigenvalue weighted by Gasteiger charge is 2.23. The maximum atomic E-state index is 11.0. The zero-order valence-electron chi connectivity index (χ0n) is 7.65. The Morgan fingerprint density at radius 3 is 2.92 bits per heavy atom. The van der Waals surface area contributed by atoms with E-state index in [9.17, 15) is 4.79 Å². The summed E-state index contributed by atoms with van der Waals surface area (Å²) in [6, 6.07) is -0.326. The number of nitrogens with zero attached hydrogens (tertiary/aromatic N) is 2. The SMILES string of the molecule is CC1N=C(N(C)CCOO)NC1=O. The van der Waals surface area contributed by atoms with Crippen molar-refractivity contribution in [3.05, 3.63) is 0 Å². The van der Waals surface area contributed by atoms with Crippen molar-refractivity contribution in [1.82, 2.24) is 10.2 Å². The minimum Gasteiger partial charge on any atom is -0.343 e. The van der Waals surface area contributed by atoms with E-state index in [0.29, 0.717) is 12.5 Å². The number of hydrogen-bond donors (Lipinski definition) is 2. The summed E-state index contributed by atoms with van der Waals surface area (Å²) in [5, 5.41) is 10.7. The van der Waals surface area contributed by atoms with Crippen LogP contribution in [0.2, 0.25) is 0 Å². The summed E-state index contributed by atoms with van der Waals surface area (Å²) in [7, 11) is 1.76. The van der Waals surface area contributed by atoms with E-state index in [1.165, 1.54) is 0 Å². The van der Waals surface area contributed by atoms with Gasteiger partial charge in [-0.3, -0.25) is 15.4 Å². The Morgan fingerprint density at radius 1 is 1.77 bits per heavy atom. The maximum Gasteiger partial charge on any atom is 0.251 e. The molecule has 1 aliphatic rings. The highest BCUT2D eigenvalue weighted by molar-refractivity contribution is 6.04. The molecule has 6 nitrogen and oxygen atoms in total. The Bertz CT molecular complexity index is 229. The van der Waals surface area contributed by atoms with E-state index in [0.717, 1.165) is 0 Å². The van der Waals surface area contributed by atoms with Crippen LogP contribution in [0.15, 0.2) is 4.99 Å². The first-order valence-electron chi connectivity index (χ1n) is 4.01. The van der Waals surface area contributed by atoms with Crippen LogP contribution in [0, 0.1) is 0 Å². The van der Waals surface area contributed by atoms with Gasteiger partial charge in [0.05, 0.1) is 6.61 Å². The number of carbonyl (C=O) groups is 1. The molecule has 0 aliphatic carbocycles. The van der Waals surface area contributed by atoms with E-state index >= 15 is 0 Å². The molecule has 0 aromatic rings. The van der Waals surface area contributed by atoms with E-state index < -0.39 is 0 Å². The largest absolute Gasteiger partial charge is 0.343 e. The second-order valence-electron chi connectivity index (χ2n) is 2.87. The van der Waals surface area contributed by atoms with Gasteiger partial charge in [-0.2, -0.15) is 0 Å². The van der Waals surface area contributed by atoms with Gasteiger partial charge in [-0.25, -0.2) is 9.88 Å². The second-order valence-corrected chi connectivity index (χ2v) is 2.87. The Labute approximate surface area is 76.1 Å². The quantitative estimate of drug-likeness (QED) is 0.452. The van der Waals surface area contributed by atoms with Gasteiger partial charge in [-0.15, -0.1) is 0 Å². The Morgan fingerprint density at radius 2 is 2.46 bits per heavy atom. The van der Waals surface area contributed by atoms with Crippen LogP contribution in [0.3, 0.4) is 0 Å². The summed E-state index contributed by atoms with van der Waals surface area (Å²) in [6.45, 7) is 2.38. The summed E-state index contributed by atoms with van der Waals surface area (Å²) in [5.41, 5.74) is 0. The van der Waals surface area contributed by atoms with Crippen LogP contribution in [-0.2, 0) is 9.68 Å². The molecule has 0 radical (unpaired) electrons. The first-order valence-corrected chi connectivity index (χ1v) is 4.01. The van der Waals surface area contributed by atoms with Gasteiger partial charge in [0.25, 0.3) is 5.91 Å². The molecule has 0 aromatic heterocycles. The molecule has 1 atom stereocenters. The fourth-order valence-corrected chi connectivity index (χ4v) is 0.967. The highest BCUT2D eigenvalue weighted by Crippen LogP contribution is 2.00. The summed E-state index contributed by atoms with van der Waals surface area (Å²) in [5.74, 6) is 0.418. The second kappa shape index (κ2) is 4.20. The van der Waals surface area contributed by atoms with Crippen LogP contribution in [0.1, 0.15) is 6.92 Å². The fourth-order valence-electron chi connectivity index (χ4n) is 0.967. The van der Waals surface area contributed by atoms with Gasteiger partial charge in [0.2, 0.25) is 5.96 Å². The normalized spacial score (nSPS) is 21.3. The van der Waals surface area contributed by atoms with Crippen LogP contribution in [0.25, 0.3) is 0 Å². The molecule has 6 heteroatoms. The van der Waals surface area contributed by atoms with Crippen molar-refractivity contribution < 1.29 is 14.9 Å². The fraction of sp³-hybridized carbons (Fsp3) is 0.714. The molecule has 0 saturated heterocycles. The van der Waals surface area contributed by atoms with Crippen molar-refractivity contribution in [2.45, 2.75) is 13.0 Å². The van der Waals surface area contributed by atoms with Gasteiger partial charge in [0.1, 0.15) is 6.04 Å². The Kier molecular flexibility index (Phi) is 3.21. The number of guanidine groups is 1. The van der Waals surface area contributed by atoms with Crippen LogP contribution in [0.5, 0.6) is 0 Å². The molecule has 13 heavy (non-hydrogen) atoms. The number of hydrogen-bond acceptors (Lipinski definition) is 5. The number of aliphatic imine (C=N–C) groups is 1. The molecule has 0 bridgehead atoms. The summed E-state index contributed by atoms with van der Waals surface area (Å²) in [4.78, 5) is 20.7. The van der Waals surface area contributed by atoms with Crippen molar-refractivity contribution in [3.63, 3.8) is 0 Å². The van der Waals surface area contributed by atoms with Gasteiger partial charge in [-0.05, 0) is 6.92 Å². The molecule has 0 aromatic carbocycles. The molecule has 74 valence electrons. The smallest absolute Gasteiger partial charge is 0.251 e. The lowest BCUT2D eigenvalue weighted by molar-refractivity contribution is -0.242. The van der Waals surface area contributed by atoms with Crippen molar-refractivity contribution in [1.29, 1.82) is 0 Å². The van der Waals surface area contributed by atoms with E-state index in [4.69, 9.17) is 5.26 Å². The third-order valence-electron chi connectivity index (χ3n) is 1.81. The topological polar surface area (TPSA) is 74.2 Å². The number of likely N-dealkylation sites (N-methyl/N-ethyl adjacent to an activating group) is 1. The number of amides is 1. The molecular formula is C7H13N3O3. The molecule has 0 saturated carbocycles. The average molecular weight is 187 g/mol. The minimum absolute atomic E-state index is 0.105. The van der Waals surface area contributed by atoms with Gasteiger partial charge < -0.3 is 4.90 Å². The van der Waals surface area contributed by atoms with Crippen molar-refractivity contribution in [2.24, 2.45) is 4.99 Å². The van der Waals surface area contributed by atoms with E-state index in [-0.39, 0.29) is 18.6 Å². The molecule has 0 fully saturated rings. The number of rotatable bonds is 3. The first kappa shape index (κ1) is 9.94. The molecule has 1 rings (SSSR count). The van der Waals surface area contributed by atoms with Crippen LogP contribution < -0.4 is 5.32 Å². The standard InChI is InChI=1S/C7H13N3O3/c1-5-6(11)9-7(8-5)10(2)3-4-13-12/h5,12H,3-4H2,1-2H3,(H,8,9,11). The van der Waals surface area contributed by atoms with Gasteiger partial charge in [0, 0.05) is 13.6 Å².